The molecule has 1 unspecified atom stereocenters. The summed E-state index contributed by atoms with van der Waals surface area (Å²) >= 11 is 0. The average molecular weight is 514 g/mol. The van der Waals surface area contributed by atoms with Crippen molar-refractivity contribution < 1.29 is 32.2 Å². The Hall–Kier alpha value is -4.05. The zero-order valence-electron chi connectivity index (χ0n) is 19.8. The summed E-state index contributed by atoms with van der Waals surface area (Å²) in [5.41, 5.74) is 0.351. The van der Waals surface area contributed by atoms with E-state index in [1.54, 1.807) is 18.2 Å². The zero-order valence-corrected chi connectivity index (χ0v) is 19.8. The van der Waals surface area contributed by atoms with E-state index >= 15 is 0 Å². The first-order valence-electron chi connectivity index (χ1n) is 11.7. The summed E-state index contributed by atoms with van der Waals surface area (Å²) in [5, 5.41) is 8.20. The Morgan fingerprint density at radius 2 is 1.70 bits per heavy atom. The number of nitrogens with one attached hydrogen (secondary N) is 3. The third-order valence-electron chi connectivity index (χ3n) is 5.63. The van der Waals surface area contributed by atoms with Crippen molar-refractivity contribution in [3.63, 3.8) is 0 Å². The number of carbonyl (C=O) groups is 2. The van der Waals surface area contributed by atoms with E-state index in [-0.39, 0.29) is 29.8 Å². The predicted octanol–water partition coefficient (Wildman–Crippen LogP) is 5.57. The van der Waals surface area contributed by atoms with Gasteiger partial charge >= 0.3 is 6.18 Å². The molecule has 3 N–H and O–H groups in total. The van der Waals surface area contributed by atoms with Crippen LogP contribution in [-0.2, 0) is 15.7 Å². The largest absolute Gasteiger partial charge is 0.489 e. The number of hydrogen-bond acceptors (Lipinski definition) is 5. The molecule has 1 fully saturated rings. The first kappa shape index (κ1) is 26.0. The number of halogens is 3. The van der Waals surface area contributed by atoms with E-state index in [9.17, 15) is 22.8 Å². The van der Waals surface area contributed by atoms with Crippen molar-refractivity contribution in [1.82, 2.24) is 0 Å². The molecule has 0 radical (unpaired) electrons. The second-order valence-corrected chi connectivity index (χ2v) is 8.46. The minimum atomic E-state index is -4.52. The number of carbonyl (C=O) groups excluding carboxylic acids is 2. The topological polar surface area (TPSA) is 88.7 Å². The predicted molar refractivity (Wildman–Crippen MR) is 134 cm³/mol. The van der Waals surface area contributed by atoms with Gasteiger partial charge in [-0.05, 0) is 61.4 Å². The fourth-order valence-electron chi connectivity index (χ4n) is 3.79. The minimum absolute atomic E-state index is 0.0128. The van der Waals surface area contributed by atoms with Crippen molar-refractivity contribution in [2.24, 2.45) is 0 Å². The van der Waals surface area contributed by atoms with Crippen molar-refractivity contribution in [2.75, 3.05) is 35.7 Å². The van der Waals surface area contributed by atoms with Crippen molar-refractivity contribution in [3.8, 4) is 5.75 Å². The molecule has 2 amide bonds. The SMILES string of the molecule is O=C(CNc1ccccc1OCC1CCCO1)Nc1cccc(C(=O)Nc2cccc(C(F)(F)F)c2)c1. The third-order valence-corrected chi connectivity index (χ3v) is 5.63. The molecule has 1 aliphatic heterocycles. The Morgan fingerprint density at radius 1 is 0.946 bits per heavy atom. The van der Waals surface area contributed by atoms with Crippen molar-refractivity contribution in [3.05, 3.63) is 83.9 Å². The number of anilines is 3. The Bertz CT molecular complexity index is 1240. The van der Waals surface area contributed by atoms with Gasteiger partial charge in [0.2, 0.25) is 5.91 Å². The summed E-state index contributed by atoms with van der Waals surface area (Å²) in [6.45, 7) is 1.11. The van der Waals surface area contributed by atoms with Crippen LogP contribution in [0.4, 0.5) is 30.2 Å². The van der Waals surface area contributed by atoms with Gasteiger partial charge in [-0.2, -0.15) is 13.2 Å². The number of benzene rings is 3. The maximum absolute atomic E-state index is 12.9. The van der Waals surface area contributed by atoms with Crippen LogP contribution in [0, 0.1) is 0 Å². The van der Waals surface area contributed by atoms with Crippen LogP contribution in [0.15, 0.2) is 72.8 Å². The first-order valence-corrected chi connectivity index (χ1v) is 11.7. The van der Waals surface area contributed by atoms with Crippen LogP contribution in [0.5, 0.6) is 5.75 Å². The van der Waals surface area contributed by atoms with Gasteiger partial charge in [0.1, 0.15) is 12.4 Å². The van der Waals surface area contributed by atoms with E-state index in [0.717, 1.165) is 31.6 Å². The van der Waals surface area contributed by atoms with Crippen LogP contribution in [0.1, 0.15) is 28.8 Å². The maximum Gasteiger partial charge on any atom is 0.416 e. The lowest BCUT2D eigenvalue weighted by Gasteiger charge is -2.15. The number of para-hydroxylation sites is 2. The molecule has 3 aromatic rings. The van der Waals surface area contributed by atoms with Gasteiger partial charge in [0.25, 0.3) is 5.91 Å². The standard InChI is InChI=1S/C27H26F3N3O4/c28-27(29,30)19-7-4-9-21(15-19)33-26(35)18-6-3-8-20(14-18)32-25(34)16-31-23-11-1-2-12-24(23)37-17-22-10-5-13-36-22/h1-4,6-9,11-12,14-15,22,31H,5,10,13,16-17H2,(H,32,34)(H,33,35). The first-order chi connectivity index (χ1) is 17.8. The van der Waals surface area contributed by atoms with Gasteiger partial charge in [-0.15, -0.1) is 0 Å². The molecule has 3 aromatic carbocycles. The highest BCUT2D eigenvalue weighted by atomic mass is 19.4. The lowest BCUT2D eigenvalue weighted by molar-refractivity contribution is -0.137. The smallest absolute Gasteiger partial charge is 0.416 e. The monoisotopic (exact) mass is 513 g/mol. The van der Waals surface area contributed by atoms with Crippen LogP contribution in [0.25, 0.3) is 0 Å². The van der Waals surface area contributed by atoms with Crippen LogP contribution < -0.4 is 20.7 Å². The molecule has 0 aromatic heterocycles. The van der Waals surface area contributed by atoms with E-state index in [4.69, 9.17) is 9.47 Å². The van der Waals surface area contributed by atoms with Crippen LogP contribution in [0.2, 0.25) is 0 Å². The summed E-state index contributed by atoms with van der Waals surface area (Å²) in [7, 11) is 0. The minimum Gasteiger partial charge on any atom is -0.489 e. The summed E-state index contributed by atoms with van der Waals surface area (Å²) in [4.78, 5) is 25.1. The highest BCUT2D eigenvalue weighted by Gasteiger charge is 2.30. The summed E-state index contributed by atoms with van der Waals surface area (Å²) in [6, 6.07) is 17.8. The molecular weight excluding hydrogens is 487 g/mol. The van der Waals surface area contributed by atoms with Gasteiger partial charge in [-0.25, -0.2) is 0 Å². The molecule has 0 spiro atoms. The van der Waals surface area contributed by atoms with E-state index < -0.39 is 17.6 Å². The lowest BCUT2D eigenvalue weighted by atomic mass is 10.1. The number of hydrogen-bond donors (Lipinski definition) is 3. The second-order valence-electron chi connectivity index (χ2n) is 8.46. The van der Waals surface area contributed by atoms with Crippen molar-refractivity contribution >= 4 is 28.9 Å². The summed E-state index contributed by atoms with van der Waals surface area (Å²) in [6.07, 6.45) is -2.48. The fourth-order valence-corrected chi connectivity index (χ4v) is 3.79. The third kappa shape index (κ3) is 7.47. The van der Waals surface area contributed by atoms with Crippen LogP contribution >= 0.6 is 0 Å². The van der Waals surface area contributed by atoms with Gasteiger partial charge in [0.05, 0.1) is 23.9 Å². The number of ether oxygens (including phenoxy) is 2. The Kier molecular flexibility index (Phi) is 8.29. The normalized spacial score (nSPS) is 15.2. The van der Waals surface area contributed by atoms with Crippen molar-refractivity contribution in [1.29, 1.82) is 0 Å². The molecule has 1 atom stereocenters. The number of alkyl halides is 3. The maximum atomic E-state index is 12.9. The summed E-state index contributed by atoms with van der Waals surface area (Å²) < 4.78 is 50.2. The molecule has 0 saturated carbocycles. The highest BCUT2D eigenvalue weighted by molar-refractivity contribution is 6.05. The van der Waals surface area contributed by atoms with Gasteiger partial charge in [0.15, 0.2) is 0 Å². The fraction of sp³-hybridized carbons (Fsp3) is 0.259. The van der Waals surface area contributed by atoms with Gasteiger partial charge in [-0.1, -0.05) is 24.3 Å². The van der Waals surface area contributed by atoms with Crippen LogP contribution in [0.3, 0.4) is 0 Å². The van der Waals surface area contributed by atoms with Crippen LogP contribution in [-0.4, -0.2) is 37.7 Å². The Balaban J connectivity index is 1.32. The molecule has 1 aliphatic rings. The second kappa shape index (κ2) is 11.8. The average Bonchev–Trinajstić information content (AvgIpc) is 3.40. The van der Waals surface area contributed by atoms with E-state index in [1.807, 2.05) is 18.2 Å². The Labute approximate surface area is 212 Å². The van der Waals surface area contributed by atoms with Crippen molar-refractivity contribution in [2.45, 2.75) is 25.1 Å². The summed E-state index contributed by atoms with van der Waals surface area (Å²) in [5.74, 6) is -0.353. The molecule has 1 heterocycles. The highest BCUT2D eigenvalue weighted by Crippen LogP contribution is 2.31. The molecule has 37 heavy (non-hydrogen) atoms. The number of rotatable bonds is 9. The number of amides is 2. The molecular formula is C27H26F3N3O4. The van der Waals surface area contributed by atoms with Gasteiger partial charge < -0.3 is 25.4 Å². The van der Waals surface area contributed by atoms with Gasteiger partial charge in [-0.3, -0.25) is 9.59 Å². The molecule has 7 nitrogen and oxygen atoms in total. The molecule has 10 heteroatoms. The quantitative estimate of drug-likeness (QED) is 0.348. The Morgan fingerprint density at radius 3 is 2.46 bits per heavy atom. The zero-order chi connectivity index (χ0) is 26.3. The molecule has 0 aliphatic carbocycles. The molecule has 1 saturated heterocycles. The van der Waals surface area contributed by atoms with Gasteiger partial charge in [0, 0.05) is 23.5 Å². The van der Waals surface area contributed by atoms with E-state index in [2.05, 4.69) is 16.0 Å². The lowest BCUT2D eigenvalue weighted by Crippen LogP contribution is -2.23. The molecule has 194 valence electrons. The van der Waals surface area contributed by atoms with E-state index in [0.29, 0.717) is 23.7 Å². The molecule has 4 rings (SSSR count). The van der Waals surface area contributed by atoms with E-state index in [1.165, 1.54) is 24.3 Å². The molecule has 0 bridgehead atoms.